The molecule has 0 saturated heterocycles. The van der Waals surface area contributed by atoms with E-state index in [-0.39, 0.29) is 0 Å². The zero-order valence-electron chi connectivity index (χ0n) is 10.4. The minimum atomic E-state index is 0.448. The van der Waals surface area contributed by atoms with Gasteiger partial charge in [0.05, 0.1) is 0 Å². The summed E-state index contributed by atoms with van der Waals surface area (Å²) in [5.74, 6) is 1.78. The van der Waals surface area contributed by atoms with Gasteiger partial charge in [-0.3, -0.25) is 0 Å². The van der Waals surface area contributed by atoms with E-state index >= 15 is 0 Å². The van der Waals surface area contributed by atoms with Crippen molar-refractivity contribution in [3.8, 4) is 0 Å². The van der Waals surface area contributed by atoms with Crippen LogP contribution in [0.15, 0.2) is 6.07 Å². The number of aromatic nitrogens is 2. The van der Waals surface area contributed by atoms with Gasteiger partial charge in [0.1, 0.15) is 12.4 Å². The summed E-state index contributed by atoms with van der Waals surface area (Å²) >= 11 is 0. The number of hydrogen-bond acceptors (Lipinski definition) is 4. The van der Waals surface area contributed by atoms with E-state index in [0.29, 0.717) is 24.2 Å². The molecule has 0 aliphatic carbocycles. The molecular formula is C12H21N3O. The van der Waals surface area contributed by atoms with Crippen LogP contribution in [-0.2, 0) is 17.8 Å². The number of nitrogens with zero attached hydrogens (tertiary/aromatic N) is 2. The van der Waals surface area contributed by atoms with E-state index in [1.54, 1.807) is 0 Å². The van der Waals surface area contributed by atoms with Crippen LogP contribution in [-0.4, -0.2) is 16.6 Å². The van der Waals surface area contributed by atoms with E-state index in [2.05, 4.69) is 30.7 Å². The molecule has 0 amide bonds. The van der Waals surface area contributed by atoms with E-state index in [1.165, 1.54) is 0 Å². The number of ether oxygens (including phenoxy) is 1. The van der Waals surface area contributed by atoms with Crippen LogP contribution in [0.5, 0.6) is 0 Å². The number of nitrogen functional groups attached to an aromatic ring is 1. The molecule has 0 unspecified atom stereocenters. The van der Waals surface area contributed by atoms with Crippen molar-refractivity contribution < 1.29 is 4.74 Å². The molecule has 1 aromatic heterocycles. The van der Waals surface area contributed by atoms with Crippen molar-refractivity contribution in [2.75, 3.05) is 12.3 Å². The Labute approximate surface area is 97.2 Å². The Morgan fingerprint density at radius 1 is 1.38 bits per heavy atom. The fourth-order valence-corrected chi connectivity index (χ4v) is 1.47. The minimum absolute atomic E-state index is 0.448. The van der Waals surface area contributed by atoms with Crippen LogP contribution < -0.4 is 5.73 Å². The molecule has 0 aromatic carbocycles. The molecule has 0 aliphatic rings. The lowest BCUT2D eigenvalue weighted by molar-refractivity contribution is 0.116. The lowest BCUT2D eigenvalue weighted by atomic mass is 10.1. The lowest BCUT2D eigenvalue weighted by Crippen LogP contribution is -2.07. The highest BCUT2D eigenvalue weighted by Gasteiger charge is 2.05. The van der Waals surface area contributed by atoms with Gasteiger partial charge in [0.25, 0.3) is 0 Å². The molecule has 0 aliphatic heterocycles. The highest BCUT2D eigenvalue weighted by atomic mass is 16.5. The molecule has 0 saturated carbocycles. The standard InChI is InChI=1S/C12H21N3O/c1-4-5-16-8-12-14-10(6-9(2)3)7-11(13)15-12/h7,9H,4-6,8H2,1-3H3,(H2,13,14,15). The molecule has 1 aromatic rings. The van der Waals surface area contributed by atoms with E-state index in [9.17, 15) is 0 Å². The Hall–Kier alpha value is -1.16. The molecule has 4 heteroatoms. The van der Waals surface area contributed by atoms with Crippen molar-refractivity contribution in [3.63, 3.8) is 0 Å². The summed E-state index contributed by atoms with van der Waals surface area (Å²) in [5.41, 5.74) is 6.73. The predicted molar refractivity (Wildman–Crippen MR) is 64.9 cm³/mol. The van der Waals surface area contributed by atoms with Gasteiger partial charge in [-0.1, -0.05) is 20.8 Å². The van der Waals surface area contributed by atoms with Crippen LogP contribution in [0.3, 0.4) is 0 Å². The third-order valence-corrected chi connectivity index (χ3v) is 2.04. The summed E-state index contributed by atoms with van der Waals surface area (Å²) in [6, 6.07) is 1.84. The first-order valence-corrected chi connectivity index (χ1v) is 5.81. The molecule has 0 fully saturated rings. The Kier molecular flexibility index (Phi) is 5.19. The zero-order valence-corrected chi connectivity index (χ0v) is 10.4. The maximum atomic E-state index is 5.73. The second-order valence-electron chi connectivity index (χ2n) is 4.35. The third-order valence-electron chi connectivity index (χ3n) is 2.04. The molecule has 0 spiro atoms. The normalized spacial score (nSPS) is 11.0. The van der Waals surface area contributed by atoms with Gasteiger partial charge in [0.15, 0.2) is 5.82 Å². The van der Waals surface area contributed by atoms with Gasteiger partial charge >= 0.3 is 0 Å². The van der Waals surface area contributed by atoms with Gasteiger partial charge in [-0.05, 0) is 18.8 Å². The lowest BCUT2D eigenvalue weighted by Gasteiger charge is -2.08. The van der Waals surface area contributed by atoms with Crippen molar-refractivity contribution in [1.82, 2.24) is 9.97 Å². The van der Waals surface area contributed by atoms with Gasteiger partial charge in [-0.2, -0.15) is 0 Å². The SMILES string of the molecule is CCCOCc1nc(N)cc(CC(C)C)n1. The van der Waals surface area contributed by atoms with Crippen molar-refractivity contribution >= 4 is 5.82 Å². The molecular weight excluding hydrogens is 202 g/mol. The second kappa shape index (κ2) is 6.43. The maximum Gasteiger partial charge on any atom is 0.156 e. The first-order chi connectivity index (χ1) is 7.61. The summed E-state index contributed by atoms with van der Waals surface area (Å²) in [6.45, 7) is 7.57. The van der Waals surface area contributed by atoms with Crippen LogP contribution >= 0.6 is 0 Å². The Bertz CT molecular complexity index is 326. The van der Waals surface area contributed by atoms with Crippen LogP contribution in [0, 0.1) is 5.92 Å². The van der Waals surface area contributed by atoms with Crippen LogP contribution in [0.25, 0.3) is 0 Å². The highest BCUT2D eigenvalue weighted by molar-refractivity contribution is 5.29. The summed E-state index contributed by atoms with van der Waals surface area (Å²) in [5, 5.41) is 0. The average molecular weight is 223 g/mol. The molecule has 16 heavy (non-hydrogen) atoms. The van der Waals surface area contributed by atoms with Crippen molar-refractivity contribution in [3.05, 3.63) is 17.6 Å². The van der Waals surface area contributed by atoms with Crippen molar-refractivity contribution in [1.29, 1.82) is 0 Å². The summed E-state index contributed by atoms with van der Waals surface area (Å²) in [6.07, 6.45) is 1.93. The van der Waals surface area contributed by atoms with Gasteiger partial charge in [-0.15, -0.1) is 0 Å². The number of anilines is 1. The van der Waals surface area contributed by atoms with Crippen molar-refractivity contribution in [2.45, 2.75) is 40.2 Å². The number of nitrogens with two attached hydrogens (primary N) is 1. The molecule has 1 heterocycles. The Morgan fingerprint density at radius 3 is 2.75 bits per heavy atom. The monoisotopic (exact) mass is 223 g/mol. The quantitative estimate of drug-likeness (QED) is 0.751. The molecule has 2 N–H and O–H groups in total. The smallest absolute Gasteiger partial charge is 0.156 e. The second-order valence-corrected chi connectivity index (χ2v) is 4.35. The minimum Gasteiger partial charge on any atom is -0.384 e. The van der Waals surface area contributed by atoms with Gasteiger partial charge in [0.2, 0.25) is 0 Å². The topological polar surface area (TPSA) is 61.0 Å². The molecule has 1 rings (SSSR count). The van der Waals surface area contributed by atoms with Gasteiger partial charge < -0.3 is 10.5 Å². The number of hydrogen-bond donors (Lipinski definition) is 1. The molecule has 4 nitrogen and oxygen atoms in total. The first-order valence-electron chi connectivity index (χ1n) is 5.81. The highest BCUT2D eigenvalue weighted by Crippen LogP contribution is 2.09. The zero-order chi connectivity index (χ0) is 12.0. The summed E-state index contributed by atoms with van der Waals surface area (Å²) in [4.78, 5) is 8.58. The average Bonchev–Trinajstić information content (AvgIpc) is 2.16. The van der Waals surface area contributed by atoms with Crippen LogP contribution in [0.4, 0.5) is 5.82 Å². The Balaban J connectivity index is 2.65. The first kappa shape index (κ1) is 12.9. The van der Waals surface area contributed by atoms with Gasteiger partial charge in [0, 0.05) is 18.4 Å². The molecule has 0 bridgehead atoms. The predicted octanol–water partition coefficient (Wildman–Crippen LogP) is 2.18. The molecule has 0 atom stereocenters. The van der Waals surface area contributed by atoms with E-state index < -0.39 is 0 Å². The Morgan fingerprint density at radius 2 is 2.12 bits per heavy atom. The van der Waals surface area contributed by atoms with E-state index in [1.807, 2.05) is 6.07 Å². The van der Waals surface area contributed by atoms with Gasteiger partial charge in [-0.25, -0.2) is 9.97 Å². The fourth-order valence-electron chi connectivity index (χ4n) is 1.47. The van der Waals surface area contributed by atoms with Crippen LogP contribution in [0.2, 0.25) is 0 Å². The van der Waals surface area contributed by atoms with E-state index in [4.69, 9.17) is 10.5 Å². The summed E-state index contributed by atoms with van der Waals surface area (Å²) in [7, 11) is 0. The van der Waals surface area contributed by atoms with Crippen molar-refractivity contribution in [2.24, 2.45) is 5.92 Å². The maximum absolute atomic E-state index is 5.73. The van der Waals surface area contributed by atoms with E-state index in [0.717, 1.165) is 25.1 Å². The molecule has 0 radical (unpaired) electrons. The summed E-state index contributed by atoms with van der Waals surface area (Å²) < 4.78 is 5.40. The number of rotatable bonds is 6. The third kappa shape index (κ3) is 4.57. The molecule has 90 valence electrons. The largest absolute Gasteiger partial charge is 0.384 e. The fraction of sp³-hybridized carbons (Fsp3) is 0.667. The van der Waals surface area contributed by atoms with Crippen LogP contribution in [0.1, 0.15) is 38.7 Å².